The molecule has 10 heteroatoms. The fraction of sp³-hybridized carbons (Fsp3) is 0.235. The number of alkyl halides is 3. The summed E-state index contributed by atoms with van der Waals surface area (Å²) in [6.07, 6.45) is -5.24. The Hall–Kier alpha value is -2.88. The van der Waals surface area contributed by atoms with Gasteiger partial charge in [-0.3, -0.25) is 19.8 Å². The molecule has 3 rings (SSSR count). The summed E-state index contributed by atoms with van der Waals surface area (Å²) in [5.41, 5.74) is -3.04. The van der Waals surface area contributed by atoms with E-state index in [-0.39, 0.29) is 4.88 Å². The van der Waals surface area contributed by atoms with E-state index < -0.39 is 35.7 Å². The van der Waals surface area contributed by atoms with Crippen LogP contribution in [0.25, 0.3) is 0 Å². The predicted octanol–water partition coefficient (Wildman–Crippen LogP) is 3.05. The predicted molar refractivity (Wildman–Crippen MR) is 90.8 cm³/mol. The van der Waals surface area contributed by atoms with E-state index in [9.17, 15) is 27.6 Å². The molecule has 1 aliphatic rings. The molecule has 2 N–H and O–H groups in total. The van der Waals surface area contributed by atoms with Crippen LogP contribution in [-0.4, -0.2) is 34.6 Å². The van der Waals surface area contributed by atoms with Gasteiger partial charge in [0, 0.05) is 0 Å². The standard InChI is InChI=1S/C17H14F3N3O3S/c1-10(11-6-3-2-4-7-11)23-14(25)16(17(18,19)20,22-15(23)26)21-13(24)12-8-5-9-27-12/h2-10H,1H3,(H,21,24)(H,22,26)/t10-,16+/m0/s1. The zero-order valence-corrected chi connectivity index (χ0v) is 14.7. The van der Waals surface area contributed by atoms with Gasteiger partial charge in [-0.15, -0.1) is 11.3 Å². The van der Waals surface area contributed by atoms with Gasteiger partial charge in [0.2, 0.25) is 0 Å². The molecule has 2 heterocycles. The van der Waals surface area contributed by atoms with E-state index in [1.807, 2.05) is 0 Å². The lowest BCUT2D eigenvalue weighted by Gasteiger charge is -2.30. The van der Waals surface area contributed by atoms with Crippen LogP contribution in [0.3, 0.4) is 0 Å². The Balaban J connectivity index is 1.97. The van der Waals surface area contributed by atoms with Gasteiger partial charge < -0.3 is 5.32 Å². The number of rotatable bonds is 4. The van der Waals surface area contributed by atoms with Gasteiger partial charge in [-0.05, 0) is 23.9 Å². The molecule has 2 atom stereocenters. The molecule has 1 aliphatic heterocycles. The van der Waals surface area contributed by atoms with Gasteiger partial charge in [0.05, 0.1) is 10.9 Å². The van der Waals surface area contributed by atoms with Crippen molar-refractivity contribution in [1.29, 1.82) is 0 Å². The average Bonchev–Trinajstić information content (AvgIpc) is 3.23. The number of hydrogen-bond acceptors (Lipinski definition) is 4. The number of imide groups is 1. The molecule has 1 aromatic carbocycles. The van der Waals surface area contributed by atoms with E-state index in [1.165, 1.54) is 24.4 Å². The highest BCUT2D eigenvalue weighted by molar-refractivity contribution is 7.12. The maximum Gasteiger partial charge on any atom is 0.440 e. The molecule has 2 aromatic rings. The van der Waals surface area contributed by atoms with Crippen molar-refractivity contribution in [2.45, 2.75) is 24.8 Å². The topological polar surface area (TPSA) is 78.5 Å². The van der Waals surface area contributed by atoms with E-state index in [0.29, 0.717) is 10.5 Å². The summed E-state index contributed by atoms with van der Waals surface area (Å²) in [4.78, 5) is 37.6. The molecule has 0 aliphatic carbocycles. The second-order valence-electron chi connectivity index (χ2n) is 5.87. The third kappa shape index (κ3) is 3.16. The van der Waals surface area contributed by atoms with Crippen molar-refractivity contribution in [3.8, 4) is 0 Å². The fourth-order valence-corrected chi connectivity index (χ4v) is 3.39. The summed E-state index contributed by atoms with van der Waals surface area (Å²) in [5, 5.41) is 4.82. The van der Waals surface area contributed by atoms with Crippen molar-refractivity contribution in [1.82, 2.24) is 15.5 Å². The average molecular weight is 397 g/mol. The first-order valence-corrected chi connectivity index (χ1v) is 8.69. The largest absolute Gasteiger partial charge is 0.440 e. The van der Waals surface area contributed by atoms with Gasteiger partial charge in [0.15, 0.2) is 0 Å². The molecule has 0 bridgehead atoms. The molecule has 142 valence electrons. The quantitative estimate of drug-likeness (QED) is 0.779. The third-order valence-electron chi connectivity index (χ3n) is 4.19. The number of benzene rings is 1. The minimum Gasteiger partial charge on any atom is -0.313 e. The maximum atomic E-state index is 13.8. The van der Waals surface area contributed by atoms with Crippen LogP contribution >= 0.6 is 11.3 Å². The van der Waals surface area contributed by atoms with Crippen molar-refractivity contribution in [3.63, 3.8) is 0 Å². The van der Waals surface area contributed by atoms with E-state index in [1.54, 1.807) is 41.0 Å². The molecule has 6 nitrogen and oxygen atoms in total. The van der Waals surface area contributed by atoms with Gasteiger partial charge in [0.1, 0.15) is 0 Å². The van der Waals surface area contributed by atoms with Gasteiger partial charge >= 0.3 is 12.2 Å². The molecule has 1 aromatic heterocycles. The van der Waals surface area contributed by atoms with Crippen molar-refractivity contribution >= 4 is 29.2 Å². The second kappa shape index (κ2) is 6.69. The molecule has 1 saturated heterocycles. The summed E-state index contributed by atoms with van der Waals surface area (Å²) < 4.78 is 41.4. The van der Waals surface area contributed by atoms with E-state index in [0.717, 1.165) is 11.3 Å². The Bertz CT molecular complexity index is 871. The first kappa shape index (κ1) is 18.9. The second-order valence-corrected chi connectivity index (χ2v) is 6.82. The number of hydrogen-bond donors (Lipinski definition) is 2. The molecule has 0 radical (unpaired) electrons. The van der Waals surface area contributed by atoms with Crippen LogP contribution in [0.2, 0.25) is 0 Å². The summed E-state index contributed by atoms with van der Waals surface area (Å²) in [7, 11) is 0. The zero-order chi connectivity index (χ0) is 19.8. The SMILES string of the molecule is C[C@@H](c1ccccc1)N1C(=O)N[C@@](NC(=O)c2cccs2)(C(F)(F)F)C1=O. The third-order valence-corrected chi connectivity index (χ3v) is 5.06. The Morgan fingerprint density at radius 1 is 1.19 bits per heavy atom. The van der Waals surface area contributed by atoms with Crippen LogP contribution < -0.4 is 10.6 Å². The van der Waals surface area contributed by atoms with Crippen molar-refractivity contribution in [2.75, 3.05) is 0 Å². The summed E-state index contributed by atoms with van der Waals surface area (Å²) in [5.74, 6) is -2.69. The number of nitrogens with one attached hydrogen (secondary N) is 2. The lowest BCUT2D eigenvalue weighted by molar-refractivity contribution is -0.200. The molecule has 1 fully saturated rings. The van der Waals surface area contributed by atoms with E-state index in [2.05, 4.69) is 0 Å². The van der Waals surface area contributed by atoms with Gasteiger partial charge in [0.25, 0.3) is 17.5 Å². The van der Waals surface area contributed by atoms with Gasteiger partial charge in [-0.1, -0.05) is 36.4 Å². The smallest absolute Gasteiger partial charge is 0.313 e. The van der Waals surface area contributed by atoms with Crippen LogP contribution in [0.4, 0.5) is 18.0 Å². The monoisotopic (exact) mass is 397 g/mol. The highest BCUT2D eigenvalue weighted by Crippen LogP contribution is 2.37. The number of amides is 4. The molecular weight excluding hydrogens is 383 g/mol. The lowest BCUT2D eigenvalue weighted by atomic mass is 10.1. The lowest BCUT2D eigenvalue weighted by Crippen LogP contribution is -2.69. The van der Waals surface area contributed by atoms with Crippen LogP contribution in [0.15, 0.2) is 47.8 Å². The first-order chi connectivity index (χ1) is 12.7. The van der Waals surface area contributed by atoms with Crippen molar-refractivity contribution < 1.29 is 27.6 Å². The summed E-state index contributed by atoms with van der Waals surface area (Å²) in [6.45, 7) is 1.43. The number of nitrogens with zero attached hydrogens (tertiary/aromatic N) is 1. The minimum absolute atomic E-state index is 0.0183. The Kier molecular flexibility index (Phi) is 4.68. The number of carbonyl (C=O) groups is 3. The molecule has 0 spiro atoms. The number of carbonyl (C=O) groups excluding carboxylic acids is 3. The highest BCUT2D eigenvalue weighted by Gasteiger charge is 2.69. The summed E-state index contributed by atoms with van der Waals surface area (Å²) >= 11 is 0.913. The van der Waals surface area contributed by atoms with Gasteiger partial charge in [-0.25, -0.2) is 4.79 Å². The molecule has 27 heavy (non-hydrogen) atoms. The number of halogens is 3. The fourth-order valence-electron chi connectivity index (χ4n) is 2.77. The Morgan fingerprint density at radius 2 is 1.85 bits per heavy atom. The Labute approximate surface area is 156 Å². The molecule has 0 saturated carbocycles. The van der Waals surface area contributed by atoms with Crippen LogP contribution in [0.5, 0.6) is 0 Å². The van der Waals surface area contributed by atoms with Crippen LogP contribution in [0.1, 0.15) is 28.2 Å². The Morgan fingerprint density at radius 3 is 2.41 bits per heavy atom. The normalized spacial score (nSPS) is 21.1. The van der Waals surface area contributed by atoms with Gasteiger partial charge in [-0.2, -0.15) is 13.2 Å². The van der Waals surface area contributed by atoms with E-state index >= 15 is 0 Å². The number of urea groups is 1. The molecular formula is C17H14F3N3O3S. The maximum absolute atomic E-state index is 13.8. The van der Waals surface area contributed by atoms with E-state index in [4.69, 9.17) is 0 Å². The minimum atomic E-state index is -5.24. The van der Waals surface area contributed by atoms with Crippen molar-refractivity contribution in [3.05, 3.63) is 58.3 Å². The number of thiophene rings is 1. The molecule has 4 amide bonds. The van der Waals surface area contributed by atoms with Crippen molar-refractivity contribution in [2.24, 2.45) is 0 Å². The first-order valence-electron chi connectivity index (χ1n) is 7.81. The van der Waals surface area contributed by atoms with Crippen LogP contribution in [0, 0.1) is 0 Å². The van der Waals surface area contributed by atoms with Crippen LogP contribution in [-0.2, 0) is 4.79 Å². The highest BCUT2D eigenvalue weighted by atomic mass is 32.1. The zero-order valence-electron chi connectivity index (χ0n) is 13.9. The summed E-state index contributed by atoms with van der Waals surface area (Å²) in [6, 6.07) is 8.76. The molecule has 0 unspecified atom stereocenters.